The van der Waals surface area contributed by atoms with Crippen LogP contribution in [-0.4, -0.2) is 52.5 Å². The number of para-hydroxylation sites is 2. The number of anilines is 1. The first-order valence-corrected chi connectivity index (χ1v) is 14.5. The van der Waals surface area contributed by atoms with Crippen LogP contribution in [0, 0.1) is 0 Å². The molecule has 2 N–H and O–H groups in total. The van der Waals surface area contributed by atoms with Crippen LogP contribution >= 0.6 is 0 Å². The Balaban J connectivity index is 1.32. The highest BCUT2D eigenvalue weighted by Crippen LogP contribution is 2.25. The van der Waals surface area contributed by atoms with Crippen molar-refractivity contribution in [2.75, 3.05) is 31.3 Å². The first-order valence-electron chi connectivity index (χ1n) is 12.7. The van der Waals surface area contributed by atoms with E-state index in [4.69, 9.17) is 13.7 Å². The maximum atomic E-state index is 12.3. The molecule has 0 radical (unpaired) electrons. The highest BCUT2D eigenvalue weighted by atomic mass is 32.2. The number of benzene rings is 3. The van der Waals surface area contributed by atoms with E-state index >= 15 is 0 Å². The van der Waals surface area contributed by atoms with E-state index in [1.54, 1.807) is 0 Å². The molecule has 202 valence electrons. The van der Waals surface area contributed by atoms with Gasteiger partial charge in [0.1, 0.15) is 24.2 Å². The van der Waals surface area contributed by atoms with Crippen LogP contribution in [0.4, 0.5) is 5.69 Å². The molecular weight excluding hydrogens is 504 g/mol. The fourth-order valence-electron chi connectivity index (χ4n) is 4.45. The van der Waals surface area contributed by atoms with Gasteiger partial charge in [-0.05, 0) is 73.2 Å². The first kappa shape index (κ1) is 27.6. The Morgan fingerprint density at radius 3 is 2.42 bits per heavy atom. The van der Waals surface area contributed by atoms with Gasteiger partial charge in [-0.1, -0.05) is 42.5 Å². The zero-order valence-electron chi connectivity index (χ0n) is 21.5. The summed E-state index contributed by atoms with van der Waals surface area (Å²) in [5, 5.41) is 6.30. The number of ether oxygens (including phenoxy) is 2. The molecule has 0 heterocycles. The lowest BCUT2D eigenvalue weighted by atomic mass is 10.0. The minimum absolute atomic E-state index is 0.0821. The molecule has 2 atom stereocenters. The van der Waals surface area contributed by atoms with E-state index in [0.29, 0.717) is 18.0 Å². The minimum Gasteiger partial charge on any atom is -0.491 e. The number of carbonyl (C=O) groups is 1. The molecule has 0 bridgehead atoms. The fraction of sp³-hybridized carbons (Fsp3) is 0.345. The second kappa shape index (κ2) is 13.4. The number of nitrogens with one attached hydrogen (secondary N) is 2. The SMILES string of the molecule is CS(=O)(=O)OC(CNC1CCCc2ccc(OCC(=O)Nc3ccccc3)cc2C1)COc1ccccc1. The molecule has 0 aliphatic heterocycles. The first-order chi connectivity index (χ1) is 18.3. The summed E-state index contributed by atoms with van der Waals surface area (Å²) in [6, 6.07) is 24.6. The van der Waals surface area contributed by atoms with Gasteiger partial charge < -0.3 is 20.1 Å². The van der Waals surface area contributed by atoms with Gasteiger partial charge in [-0.15, -0.1) is 0 Å². The van der Waals surface area contributed by atoms with Crippen molar-refractivity contribution in [2.45, 2.75) is 37.8 Å². The number of hydrogen-bond donors (Lipinski definition) is 2. The number of hydrogen-bond acceptors (Lipinski definition) is 7. The van der Waals surface area contributed by atoms with E-state index in [-0.39, 0.29) is 25.2 Å². The van der Waals surface area contributed by atoms with Gasteiger partial charge in [0.25, 0.3) is 16.0 Å². The van der Waals surface area contributed by atoms with Crippen LogP contribution in [-0.2, 0) is 31.9 Å². The van der Waals surface area contributed by atoms with Crippen molar-refractivity contribution in [1.29, 1.82) is 0 Å². The summed E-state index contributed by atoms with van der Waals surface area (Å²) in [7, 11) is -3.64. The molecule has 38 heavy (non-hydrogen) atoms. The Morgan fingerprint density at radius 2 is 1.68 bits per heavy atom. The largest absolute Gasteiger partial charge is 0.491 e. The lowest BCUT2D eigenvalue weighted by Crippen LogP contribution is -2.41. The Labute approximate surface area is 224 Å². The van der Waals surface area contributed by atoms with Crippen LogP contribution < -0.4 is 20.1 Å². The van der Waals surface area contributed by atoms with Crippen molar-refractivity contribution < 1.29 is 26.9 Å². The molecule has 1 aliphatic rings. The normalized spacial score (nSPS) is 16.1. The molecule has 0 saturated heterocycles. The van der Waals surface area contributed by atoms with Gasteiger partial charge in [-0.25, -0.2) is 0 Å². The molecule has 3 aromatic rings. The predicted octanol–water partition coefficient (Wildman–Crippen LogP) is 3.96. The van der Waals surface area contributed by atoms with Crippen molar-refractivity contribution >= 4 is 21.7 Å². The van der Waals surface area contributed by atoms with Gasteiger partial charge in [0.05, 0.1) is 6.26 Å². The van der Waals surface area contributed by atoms with Gasteiger partial charge >= 0.3 is 0 Å². The zero-order valence-corrected chi connectivity index (χ0v) is 22.3. The average Bonchev–Trinajstić information content (AvgIpc) is 3.11. The monoisotopic (exact) mass is 538 g/mol. The van der Waals surface area contributed by atoms with Gasteiger partial charge in [-0.2, -0.15) is 8.42 Å². The van der Waals surface area contributed by atoms with Crippen LogP contribution in [0.25, 0.3) is 0 Å². The topological polar surface area (TPSA) is 103 Å². The highest BCUT2D eigenvalue weighted by Gasteiger charge is 2.22. The van der Waals surface area contributed by atoms with E-state index in [2.05, 4.69) is 16.7 Å². The summed E-state index contributed by atoms with van der Waals surface area (Å²) in [5.74, 6) is 1.07. The van der Waals surface area contributed by atoms with E-state index < -0.39 is 16.2 Å². The van der Waals surface area contributed by atoms with E-state index in [1.165, 1.54) is 5.56 Å². The van der Waals surface area contributed by atoms with Crippen LogP contribution in [0.5, 0.6) is 11.5 Å². The third-order valence-corrected chi connectivity index (χ3v) is 6.82. The summed E-state index contributed by atoms with van der Waals surface area (Å²) in [5.41, 5.74) is 3.14. The quantitative estimate of drug-likeness (QED) is 0.266. The third kappa shape index (κ3) is 9.16. The van der Waals surface area contributed by atoms with Crippen molar-refractivity contribution in [1.82, 2.24) is 5.32 Å². The third-order valence-electron chi connectivity index (χ3n) is 6.19. The summed E-state index contributed by atoms with van der Waals surface area (Å²) < 4.78 is 40.5. The summed E-state index contributed by atoms with van der Waals surface area (Å²) in [6.45, 7) is 0.355. The van der Waals surface area contributed by atoms with E-state index in [9.17, 15) is 13.2 Å². The zero-order chi connectivity index (χ0) is 26.8. The lowest BCUT2D eigenvalue weighted by molar-refractivity contribution is -0.118. The number of carbonyl (C=O) groups excluding carboxylic acids is 1. The van der Waals surface area contributed by atoms with Crippen molar-refractivity contribution in [3.63, 3.8) is 0 Å². The molecule has 3 aromatic carbocycles. The maximum Gasteiger partial charge on any atom is 0.264 e. The van der Waals surface area contributed by atoms with Crippen molar-refractivity contribution in [3.8, 4) is 11.5 Å². The molecule has 1 aliphatic carbocycles. The van der Waals surface area contributed by atoms with Crippen LogP contribution in [0.1, 0.15) is 24.0 Å². The number of amides is 1. The van der Waals surface area contributed by atoms with Crippen molar-refractivity contribution in [2.24, 2.45) is 0 Å². The summed E-state index contributed by atoms with van der Waals surface area (Å²) >= 11 is 0. The summed E-state index contributed by atoms with van der Waals surface area (Å²) in [4.78, 5) is 12.3. The molecule has 8 nitrogen and oxygen atoms in total. The molecule has 2 unspecified atom stereocenters. The smallest absolute Gasteiger partial charge is 0.264 e. The van der Waals surface area contributed by atoms with E-state index in [0.717, 1.165) is 43.2 Å². The van der Waals surface area contributed by atoms with Crippen LogP contribution in [0.3, 0.4) is 0 Å². The molecule has 4 rings (SSSR count). The van der Waals surface area contributed by atoms with Crippen LogP contribution in [0.2, 0.25) is 0 Å². The van der Waals surface area contributed by atoms with Gasteiger partial charge in [0.2, 0.25) is 0 Å². The maximum absolute atomic E-state index is 12.3. The van der Waals surface area contributed by atoms with E-state index in [1.807, 2.05) is 72.8 Å². The second-order valence-electron chi connectivity index (χ2n) is 9.38. The van der Waals surface area contributed by atoms with Gasteiger partial charge in [-0.3, -0.25) is 8.98 Å². The van der Waals surface area contributed by atoms with Gasteiger partial charge in [0, 0.05) is 18.3 Å². The van der Waals surface area contributed by atoms with Crippen molar-refractivity contribution in [3.05, 3.63) is 90.0 Å². The predicted molar refractivity (Wildman–Crippen MR) is 147 cm³/mol. The Kier molecular flexibility index (Phi) is 9.75. The standard InChI is InChI=1S/C29H34N2O6S/c1-38(33,34)37-28(20-35-26-13-6-3-7-14-26)19-30-25-12-8-9-22-15-16-27(18-23(22)17-25)36-21-29(32)31-24-10-4-2-5-11-24/h2-7,10-11,13-16,18,25,28,30H,8-9,12,17,19-21H2,1H3,(H,31,32). The average molecular weight is 539 g/mol. The number of fused-ring (bicyclic) bond motifs is 1. The molecule has 0 aromatic heterocycles. The molecule has 0 saturated carbocycles. The number of aryl methyl sites for hydroxylation is 1. The highest BCUT2D eigenvalue weighted by molar-refractivity contribution is 7.86. The Bertz CT molecular complexity index is 1280. The molecule has 9 heteroatoms. The molecular formula is C29H34N2O6S. The molecule has 1 amide bonds. The Morgan fingerprint density at radius 1 is 0.947 bits per heavy atom. The van der Waals surface area contributed by atoms with Crippen LogP contribution in [0.15, 0.2) is 78.9 Å². The fourth-order valence-corrected chi connectivity index (χ4v) is 5.06. The Hall–Kier alpha value is -3.40. The van der Waals surface area contributed by atoms with Gasteiger partial charge in [0.15, 0.2) is 6.61 Å². The molecule has 0 fully saturated rings. The lowest BCUT2D eigenvalue weighted by Gasteiger charge is -2.22. The molecule has 0 spiro atoms. The summed E-state index contributed by atoms with van der Waals surface area (Å²) in [6.07, 6.45) is 4.03. The second-order valence-corrected chi connectivity index (χ2v) is 11.0. The number of rotatable bonds is 12. The minimum atomic E-state index is -3.64.